The van der Waals surface area contributed by atoms with E-state index in [4.69, 9.17) is 5.73 Å². The molecule has 0 aliphatic carbocycles. The number of nitrogens with zero attached hydrogens (tertiary/aromatic N) is 2. The van der Waals surface area contributed by atoms with Gasteiger partial charge in [-0.2, -0.15) is 0 Å². The molecule has 0 aliphatic heterocycles. The number of hydrogen-bond donors (Lipinski definition) is 2. The molecule has 0 saturated carbocycles. The van der Waals surface area contributed by atoms with Crippen molar-refractivity contribution >= 4 is 158 Å². The van der Waals surface area contributed by atoms with Gasteiger partial charge in [0.2, 0.25) is 0 Å². The Balaban J connectivity index is -0.0000000474. The number of Topliss-reactive ketones (excluding diaryl/α,β-unsaturated/α-hetero) is 2. The van der Waals surface area contributed by atoms with Gasteiger partial charge in [0.05, 0.1) is 5.69 Å². The molecule has 18 heteroatoms. The van der Waals surface area contributed by atoms with Gasteiger partial charge < -0.3 is 35.7 Å². The van der Waals surface area contributed by atoms with Crippen LogP contribution in [0.25, 0.3) is 0 Å². The summed E-state index contributed by atoms with van der Waals surface area (Å²) in [4.78, 5) is 20.4. The number of anilines is 1. The Morgan fingerprint density at radius 2 is 1.16 bits per heavy atom. The summed E-state index contributed by atoms with van der Waals surface area (Å²) in [6, 6.07) is 6.22. The molecule has 6 N–H and O–H groups in total. The molecule has 0 amide bonds. The second-order valence-electron chi connectivity index (χ2n) is 7.44. The maximum atomic E-state index is 10.2. The molecular formula is C26H52AcI6N4O3V4. The molecule has 2 rings (SSSR count). The van der Waals surface area contributed by atoms with Gasteiger partial charge in [-0.3, -0.25) is 0 Å². The second-order valence-corrected chi connectivity index (χ2v) is 73.7. The van der Waals surface area contributed by atoms with Crippen molar-refractivity contribution in [3.63, 3.8) is 0 Å². The van der Waals surface area contributed by atoms with Gasteiger partial charge >= 0.3 is 181 Å². The topological polar surface area (TPSA) is 128 Å². The number of carbonyl (C=O) groups excluding carboxylic acids is 2. The van der Waals surface area contributed by atoms with Gasteiger partial charge in [-0.1, -0.05) is 7.43 Å². The Hall–Kier alpha value is 5.26. The number of halogens is 6. The van der Waals surface area contributed by atoms with Gasteiger partial charge in [0.25, 0.3) is 0 Å². The van der Waals surface area contributed by atoms with Crippen LogP contribution in [-0.2, 0) is 64.3 Å². The van der Waals surface area contributed by atoms with Crippen LogP contribution in [-0.4, -0.2) is 54.2 Å². The molecule has 7 nitrogen and oxygen atoms in total. The fourth-order valence-electron chi connectivity index (χ4n) is 1.98. The number of nitrogens with two attached hydrogens (primary N) is 2. The van der Waals surface area contributed by atoms with Gasteiger partial charge in [-0.25, -0.2) is 0 Å². The minimum absolute atomic E-state index is 0. The zero-order chi connectivity index (χ0) is 34.5. The summed E-state index contributed by atoms with van der Waals surface area (Å²) in [7, 11) is 5.09. The van der Waals surface area contributed by atoms with E-state index in [-0.39, 0.29) is 68.5 Å². The van der Waals surface area contributed by atoms with Gasteiger partial charge in [0.1, 0.15) is 11.6 Å². The first kappa shape index (κ1) is 70.8. The molecule has 0 spiro atoms. The summed E-state index contributed by atoms with van der Waals surface area (Å²) < 4.78 is 3.03. The van der Waals surface area contributed by atoms with Crippen LogP contribution in [0.2, 0.25) is 0 Å². The first-order chi connectivity index (χ1) is 18.6. The van der Waals surface area contributed by atoms with Crippen molar-refractivity contribution in [1.82, 2.24) is 9.13 Å². The Labute approximate surface area is 393 Å². The van der Waals surface area contributed by atoms with Crippen LogP contribution in [0.5, 0.6) is 0 Å². The van der Waals surface area contributed by atoms with Crippen LogP contribution >= 0.6 is 120 Å². The first-order valence-electron chi connectivity index (χ1n) is 11.3. The van der Waals surface area contributed by atoms with E-state index in [2.05, 4.69) is 206 Å². The third-order valence-corrected chi connectivity index (χ3v) is 4.27. The second kappa shape index (κ2) is 48.3. The summed E-state index contributed by atoms with van der Waals surface area (Å²) in [6.07, 6.45) is 0.796. The molecule has 259 valence electrons. The average molecular weight is 1660 g/mol. The molecule has 0 saturated heterocycles. The molecule has 0 aliphatic rings. The van der Waals surface area contributed by atoms with Crippen LogP contribution < -0.4 is 11.5 Å². The van der Waals surface area contributed by atoms with Crippen LogP contribution in [0.4, 0.5) is 5.69 Å². The number of hydrogen-bond acceptors (Lipinski definition) is 4. The first-order valence-corrected chi connectivity index (χ1v) is 42.3. The van der Waals surface area contributed by atoms with E-state index in [0.717, 1.165) is 11.4 Å². The predicted octanol–water partition coefficient (Wildman–Crippen LogP) is 8.37. The van der Waals surface area contributed by atoms with E-state index in [1.54, 1.807) is 0 Å². The molecule has 44 heavy (non-hydrogen) atoms. The summed E-state index contributed by atoms with van der Waals surface area (Å²) in [5, 5.41) is 14.4. The molecule has 0 aromatic carbocycles. The van der Waals surface area contributed by atoms with E-state index in [9.17, 15) is 9.59 Å². The van der Waals surface area contributed by atoms with Crippen LogP contribution in [0.15, 0.2) is 18.2 Å². The number of rotatable bonds is 3. The van der Waals surface area contributed by atoms with Gasteiger partial charge in [-0.05, 0) is 66.8 Å². The molecule has 0 atom stereocenters. The zero-order valence-electron chi connectivity index (χ0n) is 26.5. The molecule has 0 fully saturated rings. The molecule has 1 radical (unpaired) electrons. The summed E-state index contributed by atoms with van der Waals surface area (Å²) in [5.74, 6) is 0.167. The van der Waals surface area contributed by atoms with Crippen molar-refractivity contribution < 1.29 is 99.8 Å². The number of nitrogen functional groups attached to an aromatic ring is 1. The van der Waals surface area contributed by atoms with Crippen molar-refractivity contribution in [2.45, 2.75) is 61.8 Å². The third-order valence-electron chi connectivity index (χ3n) is 4.27. The Kier molecular flexibility index (Phi) is 77.6. The van der Waals surface area contributed by atoms with E-state index >= 15 is 0 Å². The van der Waals surface area contributed by atoms with Crippen molar-refractivity contribution in [2.75, 3.05) is 12.8 Å². The summed E-state index contributed by atoms with van der Waals surface area (Å²) in [5.41, 5.74) is 16.0. The molecule has 0 bridgehead atoms. The van der Waals surface area contributed by atoms with E-state index in [1.807, 2.05) is 27.0 Å². The minimum atomic E-state index is -1.22. The normalized spacial score (nSPS) is 7.89. The van der Waals surface area contributed by atoms with Crippen molar-refractivity contribution in [3.8, 4) is 0 Å². The molecule has 2 aromatic heterocycles. The standard InChI is InChI=1S/C7H12N2.C7H11N.C6H10O2.CH5N.CH4.4CH2.Ac.6HI.H2O.4V/c1-5-4-7(8)6(2)9(5)3;1-6-4-5-7(2)8(6)3;1-5(7)3-4-6(2)8;1-2;;;;;;;;;;;;;;;;;/h4H,8H2,1-3H3;4-5H,1-3H3;3-4H2,1-2H3;2H2,1H3;1H4;4*1H2;;6*1H;1H2;;;;/q;;;;;;;;;;;;;;;;;;+1;+2;+3/p-6. The summed E-state index contributed by atoms with van der Waals surface area (Å²) in [6.45, 7) is 11.2. The predicted molar refractivity (Wildman–Crippen MR) is 238 cm³/mol. The number of aryl methyl sites for hydroxylation is 3. The zero-order valence-corrected chi connectivity index (χ0v) is 49.8. The Morgan fingerprint density at radius 3 is 1.23 bits per heavy atom. The number of carbonyl (C=O) groups is 2. The fourth-order valence-corrected chi connectivity index (χ4v) is 1.98. The Bertz CT molecular complexity index is 985. The van der Waals surface area contributed by atoms with E-state index < -0.39 is 11.2 Å². The van der Waals surface area contributed by atoms with E-state index in [1.165, 1.54) is 38.0 Å². The van der Waals surface area contributed by atoms with Crippen LogP contribution in [0.3, 0.4) is 0 Å². The fraction of sp³-hybridized carbons (Fsp3) is 0.462. The quantitative estimate of drug-likeness (QED) is 0.300. The van der Waals surface area contributed by atoms with E-state index in [0.29, 0.717) is 25.3 Å². The van der Waals surface area contributed by atoms with Gasteiger partial charge in [0.15, 0.2) is 0 Å². The molecule has 2 heterocycles. The molecule has 2 aromatic rings. The van der Waals surface area contributed by atoms with Crippen molar-refractivity contribution in [1.29, 1.82) is 0 Å². The summed E-state index contributed by atoms with van der Waals surface area (Å²) >= 11 is 16.7. The van der Waals surface area contributed by atoms with Gasteiger partial charge in [-0.15, -0.1) is 0 Å². The molecule has 0 unspecified atom stereocenters. The third kappa shape index (κ3) is 65.6. The average Bonchev–Trinajstić information content (AvgIpc) is 3.26. The number of aromatic nitrogens is 2. The Morgan fingerprint density at radius 1 is 0.932 bits per heavy atom. The maximum absolute atomic E-state index is 10.2. The van der Waals surface area contributed by atoms with Crippen LogP contribution in [0, 0.1) is 71.8 Å². The van der Waals surface area contributed by atoms with Crippen molar-refractivity contribution in [3.05, 3.63) is 41.0 Å². The SMILES string of the molecule is C.CC(=O)CCC(C)=O.CN.Cc1cc(N)c(C)n1C.Cc1ccc(C)n1C.O.[Ac].[CH2]=[V].[CH2]=[V]([I])([I])[I].[CH2]=[V]([I])[I].[CH2]=[V][I]. The van der Waals surface area contributed by atoms with Crippen molar-refractivity contribution in [2.24, 2.45) is 19.8 Å². The van der Waals surface area contributed by atoms with Crippen LogP contribution in [0.1, 0.15) is 56.9 Å². The number of ketones is 2. The molecular weight excluding hydrogens is 1610 g/mol. The monoisotopic (exact) mass is 1660 g/mol. The van der Waals surface area contributed by atoms with Gasteiger partial charge in [0, 0.05) is 93.8 Å².